The lowest BCUT2D eigenvalue weighted by atomic mass is 10.2. The fraction of sp³-hybridized carbons (Fsp3) is 0.0714. The largest absolute Gasteiger partial charge is 0.310 e. The Bertz CT molecular complexity index is 499. The number of hydrogen-bond acceptors (Lipinski definition) is 1. The molecule has 0 radical (unpaired) electrons. The summed E-state index contributed by atoms with van der Waals surface area (Å²) in [4.78, 5) is 12.5. The summed E-state index contributed by atoms with van der Waals surface area (Å²) in [5.74, 6) is -0.345. The third-order valence-corrected chi connectivity index (χ3v) is 2.46. The molecule has 0 spiro atoms. The van der Waals surface area contributed by atoms with E-state index in [2.05, 4.69) is 0 Å². The van der Waals surface area contributed by atoms with Gasteiger partial charge in [-0.15, -0.1) is 0 Å². The number of nitrogens with zero attached hydrogens (tertiary/aromatic N) is 1. The zero-order chi connectivity index (χ0) is 12.1. The van der Waals surface area contributed by atoms with E-state index >= 15 is 0 Å². The van der Waals surface area contributed by atoms with Gasteiger partial charge in [-0.05, 0) is 23.8 Å². The summed E-state index contributed by atoms with van der Waals surface area (Å²) >= 11 is 0. The highest BCUT2D eigenvalue weighted by Crippen LogP contribution is 2.16. The van der Waals surface area contributed by atoms with Crippen LogP contribution in [-0.2, 0) is 11.3 Å². The fourth-order valence-corrected chi connectivity index (χ4v) is 1.62. The zero-order valence-corrected chi connectivity index (χ0v) is 9.21. The molecule has 2 aromatic carbocycles. The van der Waals surface area contributed by atoms with Crippen LogP contribution < -0.4 is 4.90 Å². The molecule has 2 aromatic rings. The van der Waals surface area contributed by atoms with Gasteiger partial charge in [-0.3, -0.25) is 4.79 Å². The molecule has 0 heterocycles. The zero-order valence-electron chi connectivity index (χ0n) is 9.21. The van der Waals surface area contributed by atoms with Crippen molar-refractivity contribution in [3.05, 3.63) is 66.0 Å². The fourth-order valence-electron chi connectivity index (χ4n) is 1.62. The molecule has 3 heteroatoms. The van der Waals surface area contributed by atoms with Crippen molar-refractivity contribution in [3.63, 3.8) is 0 Å². The summed E-state index contributed by atoms with van der Waals surface area (Å²) < 4.78 is 13.1. The highest BCUT2D eigenvalue weighted by Gasteiger charge is 2.06. The highest BCUT2D eigenvalue weighted by molar-refractivity contribution is 5.74. The number of anilines is 1. The lowest BCUT2D eigenvalue weighted by Gasteiger charge is -2.17. The summed E-state index contributed by atoms with van der Waals surface area (Å²) in [5.41, 5.74) is 1.56. The summed E-state index contributed by atoms with van der Waals surface area (Å²) in [6.45, 7) is 0.438. The van der Waals surface area contributed by atoms with E-state index in [0.717, 1.165) is 5.56 Å². The predicted molar refractivity (Wildman–Crippen MR) is 65.1 cm³/mol. The number of halogens is 1. The molecule has 0 aliphatic carbocycles. The van der Waals surface area contributed by atoms with E-state index in [-0.39, 0.29) is 5.82 Å². The first-order valence-electron chi connectivity index (χ1n) is 5.31. The summed E-state index contributed by atoms with van der Waals surface area (Å²) in [5, 5.41) is 0. The normalized spacial score (nSPS) is 9.94. The van der Waals surface area contributed by atoms with E-state index < -0.39 is 0 Å². The standard InChI is InChI=1S/C14H12FNO/c15-13-7-4-8-14(9-13)16(11-17)10-12-5-2-1-3-6-12/h1-9,11H,10H2. The van der Waals surface area contributed by atoms with Crippen LogP contribution in [0.4, 0.5) is 10.1 Å². The lowest BCUT2D eigenvalue weighted by molar-refractivity contribution is -0.107. The molecule has 1 amide bonds. The Morgan fingerprint density at radius 1 is 1.06 bits per heavy atom. The molecule has 0 bridgehead atoms. The minimum atomic E-state index is -0.345. The number of amides is 1. The van der Waals surface area contributed by atoms with Gasteiger partial charge in [-0.1, -0.05) is 36.4 Å². The minimum absolute atomic E-state index is 0.345. The Morgan fingerprint density at radius 3 is 2.47 bits per heavy atom. The number of carbonyl (C=O) groups excluding carboxylic acids is 1. The molecule has 0 fully saturated rings. The van der Waals surface area contributed by atoms with E-state index in [1.54, 1.807) is 12.1 Å². The molecule has 0 aliphatic heterocycles. The SMILES string of the molecule is O=CN(Cc1ccccc1)c1cccc(F)c1. The van der Waals surface area contributed by atoms with E-state index in [0.29, 0.717) is 18.6 Å². The first kappa shape index (κ1) is 11.3. The van der Waals surface area contributed by atoms with Gasteiger partial charge in [0, 0.05) is 5.69 Å². The van der Waals surface area contributed by atoms with Gasteiger partial charge >= 0.3 is 0 Å². The van der Waals surface area contributed by atoms with Crippen molar-refractivity contribution in [3.8, 4) is 0 Å². The van der Waals surface area contributed by atoms with Gasteiger partial charge in [0.1, 0.15) is 5.82 Å². The molecule has 0 atom stereocenters. The number of carbonyl (C=O) groups is 1. The molecule has 0 unspecified atom stereocenters. The van der Waals surface area contributed by atoms with Crippen LogP contribution in [0, 0.1) is 5.82 Å². The summed E-state index contributed by atoms with van der Waals surface area (Å²) in [7, 11) is 0. The molecule has 0 aliphatic rings. The molecular formula is C14H12FNO. The first-order chi connectivity index (χ1) is 8.29. The Balaban J connectivity index is 2.20. The average molecular weight is 229 g/mol. The molecule has 0 saturated heterocycles. The van der Waals surface area contributed by atoms with E-state index in [4.69, 9.17) is 0 Å². The van der Waals surface area contributed by atoms with Crippen molar-refractivity contribution >= 4 is 12.1 Å². The predicted octanol–water partition coefficient (Wildman–Crippen LogP) is 2.99. The quantitative estimate of drug-likeness (QED) is 0.738. The van der Waals surface area contributed by atoms with E-state index in [9.17, 15) is 9.18 Å². The van der Waals surface area contributed by atoms with Gasteiger partial charge in [-0.2, -0.15) is 0 Å². The average Bonchev–Trinajstić information content (AvgIpc) is 2.37. The second-order valence-electron chi connectivity index (χ2n) is 3.70. The van der Waals surface area contributed by atoms with Gasteiger partial charge < -0.3 is 4.90 Å². The Hall–Kier alpha value is -2.16. The van der Waals surface area contributed by atoms with Crippen LogP contribution in [0.5, 0.6) is 0 Å². The monoisotopic (exact) mass is 229 g/mol. The number of benzene rings is 2. The van der Waals surface area contributed by atoms with Crippen molar-refractivity contribution in [1.82, 2.24) is 0 Å². The van der Waals surface area contributed by atoms with Crippen LogP contribution in [0.1, 0.15) is 5.56 Å². The van der Waals surface area contributed by atoms with Crippen LogP contribution >= 0.6 is 0 Å². The van der Waals surface area contributed by atoms with Crippen LogP contribution in [0.2, 0.25) is 0 Å². The van der Waals surface area contributed by atoms with E-state index in [1.165, 1.54) is 17.0 Å². The van der Waals surface area contributed by atoms with Gasteiger partial charge in [-0.25, -0.2) is 4.39 Å². The Labute approximate surface area is 99.3 Å². The molecule has 0 N–H and O–H groups in total. The van der Waals surface area contributed by atoms with Crippen LogP contribution in [-0.4, -0.2) is 6.41 Å². The third-order valence-electron chi connectivity index (χ3n) is 2.46. The maximum atomic E-state index is 13.1. The smallest absolute Gasteiger partial charge is 0.214 e. The molecule has 0 aromatic heterocycles. The molecular weight excluding hydrogens is 217 g/mol. The Kier molecular flexibility index (Phi) is 3.50. The topological polar surface area (TPSA) is 20.3 Å². The van der Waals surface area contributed by atoms with Crippen LogP contribution in [0.3, 0.4) is 0 Å². The molecule has 2 nitrogen and oxygen atoms in total. The summed E-state index contributed by atoms with van der Waals surface area (Å²) in [6.07, 6.45) is 0.710. The molecule has 0 saturated carbocycles. The maximum absolute atomic E-state index is 13.1. The van der Waals surface area contributed by atoms with Crippen LogP contribution in [0.25, 0.3) is 0 Å². The van der Waals surface area contributed by atoms with Crippen molar-refractivity contribution in [2.24, 2.45) is 0 Å². The van der Waals surface area contributed by atoms with Gasteiger partial charge in [0.25, 0.3) is 0 Å². The van der Waals surface area contributed by atoms with Crippen molar-refractivity contribution in [1.29, 1.82) is 0 Å². The van der Waals surface area contributed by atoms with Crippen molar-refractivity contribution < 1.29 is 9.18 Å². The molecule has 86 valence electrons. The molecule has 2 rings (SSSR count). The highest BCUT2D eigenvalue weighted by atomic mass is 19.1. The third kappa shape index (κ3) is 2.91. The molecule has 17 heavy (non-hydrogen) atoms. The number of rotatable bonds is 4. The maximum Gasteiger partial charge on any atom is 0.214 e. The van der Waals surface area contributed by atoms with Gasteiger partial charge in [0.15, 0.2) is 0 Å². The van der Waals surface area contributed by atoms with Crippen molar-refractivity contribution in [2.75, 3.05) is 4.90 Å². The van der Waals surface area contributed by atoms with Crippen molar-refractivity contribution in [2.45, 2.75) is 6.54 Å². The second-order valence-corrected chi connectivity index (χ2v) is 3.70. The van der Waals surface area contributed by atoms with E-state index in [1.807, 2.05) is 30.3 Å². The number of hydrogen-bond donors (Lipinski definition) is 0. The Morgan fingerprint density at radius 2 is 1.82 bits per heavy atom. The van der Waals surface area contributed by atoms with Gasteiger partial charge in [0.05, 0.1) is 6.54 Å². The van der Waals surface area contributed by atoms with Crippen LogP contribution in [0.15, 0.2) is 54.6 Å². The minimum Gasteiger partial charge on any atom is -0.310 e. The first-order valence-corrected chi connectivity index (χ1v) is 5.31. The van der Waals surface area contributed by atoms with Gasteiger partial charge in [0.2, 0.25) is 6.41 Å². The second kappa shape index (κ2) is 5.25. The lowest BCUT2D eigenvalue weighted by Crippen LogP contribution is -2.20. The summed E-state index contributed by atoms with van der Waals surface area (Å²) in [6, 6.07) is 15.6.